The average molecular weight is 234 g/mol. The molecule has 0 aromatic rings. The number of hydrogen-bond donors (Lipinski definition) is 1. The Hall–Kier alpha value is -0.200. The molecule has 0 aromatic carbocycles. The van der Waals surface area contributed by atoms with Crippen LogP contribution in [0.4, 0.5) is 0 Å². The van der Waals surface area contributed by atoms with Gasteiger partial charge in [-0.1, -0.05) is 12.2 Å². The van der Waals surface area contributed by atoms with E-state index in [0.717, 1.165) is 25.7 Å². The van der Waals surface area contributed by atoms with Crippen LogP contribution >= 0.6 is 12.2 Å². The van der Waals surface area contributed by atoms with E-state index in [0.29, 0.717) is 11.5 Å². The van der Waals surface area contributed by atoms with Crippen LogP contribution in [0.1, 0.15) is 25.7 Å². The van der Waals surface area contributed by atoms with E-state index in [-0.39, 0.29) is 11.3 Å². The summed E-state index contributed by atoms with van der Waals surface area (Å²) >= 11 is 4.88. The van der Waals surface area contributed by atoms with Crippen LogP contribution in [-0.2, 0) is 10.0 Å². The second-order valence-corrected chi connectivity index (χ2v) is 6.55. The molecule has 2 rings (SSSR count). The molecular formula is C8H14N2O2S2. The maximum atomic E-state index is 11.9. The summed E-state index contributed by atoms with van der Waals surface area (Å²) < 4.78 is 25.3. The second kappa shape index (κ2) is 3.43. The van der Waals surface area contributed by atoms with Gasteiger partial charge in [0.05, 0.1) is 16.3 Å². The standard InChI is InChI=1S/C8H14N2O2S2/c9-8(13)7-2-1-5-10(7)14(11,12)6-3-4-6/h6-7H,1-5H2,(H2,9,13). The average Bonchev–Trinajstić information content (AvgIpc) is 2.82. The highest BCUT2D eigenvalue weighted by molar-refractivity contribution is 7.90. The van der Waals surface area contributed by atoms with Crippen LogP contribution in [0.3, 0.4) is 0 Å². The van der Waals surface area contributed by atoms with Crippen molar-refractivity contribution in [3.05, 3.63) is 0 Å². The molecule has 0 bridgehead atoms. The van der Waals surface area contributed by atoms with E-state index in [1.54, 1.807) is 0 Å². The molecule has 0 spiro atoms. The van der Waals surface area contributed by atoms with Gasteiger partial charge in [-0.05, 0) is 25.7 Å². The number of nitrogens with zero attached hydrogens (tertiary/aromatic N) is 1. The molecule has 0 radical (unpaired) electrons. The topological polar surface area (TPSA) is 63.4 Å². The minimum atomic E-state index is -3.09. The lowest BCUT2D eigenvalue weighted by molar-refractivity contribution is 0.445. The Bertz CT molecular complexity index is 348. The van der Waals surface area contributed by atoms with Gasteiger partial charge in [-0.15, -0.1) is 0 Å². The molecule has 1 unspecified atom stereocenters. The van der Waals surface area contributed by atoms with Crippen LogP contribution in [0.5, 0.6) is 0 Å². The van der Waals surface area contributed by atoms with E-state index in [4.69, 9.17) is 18.0 Å². The molecule has 1 saturated carbocycles. The zero-order valence-corrected chi connectivity index (χ0v) is 9.48. The largest absolute Gasteiger partial charge is 0.392 e. The molecule has 2 aliphatic rings. The van der Waals surface area contributed by atoms with Crippen LogP contribution in [0, 0.1) is 0 Å². The second-order valence-electron chi connectivity index (χ2n) is 3.92. The minimum Gasteiger partial charge on any atom is -0.392 e. The van der Waals surface area contributed by atoms with Gasteiger partial charge in [0.1, 0.15) is 0 Å². The first-order valence-corrected chi connectivity index (χ1v) is 6.74. The Morgan fingerprint density at radius 2 is 2.00 bits per heavy atom. The molecule has 1 atom stereocenters. The van der Waals surface area contributed by atoms with Crippen LogP contribution < -0.4 is 5.73 Å². The van der Waals surface area contributed by atoms with Gasteiger partial charge in [0.2, 0.25) is 10.0 Å². The summed E-state index contributed by atoms with van der Waals surface area (Å²) in [6, 6.07) is -0.226. The Labute approximate surface area is 89.5 Å². The molecule has 14 heavy (non-hydrogen) atoms. The number of nitrogens with two attached hydrogens (primary N) is 1. The molecule has 0 amide bonds. The van der Waals surface area contributed by atoms with E-state index >= 15 is 0 Å². The van der Waals surface area contributed by atoms with Gasteiger partial charge in [0.15, 0.2) is 0 Å². The van der Waals surface area contributed by atoms with Crippen LogP contribution in [0.15, 0.2) is 0 Å². The van der Waals surface area contributed by atoms with Gasteiger partial charge in [-0.2, -0.15) is 4.31 Å². The summed E-state index contributed by atoms with van der Waals surface area (Å²) in [6.07, 6.45) is 3.24. The lowest BCUT2D eigenvalue weighted by Crippen LogP contribution is -2.44. The van der Waals surface area contributed by atoms with Crippen LogP contribution in [0.2, 0.25) is 0 Å². The molecule has 2 N–H and O–H groups in total. The zero-order chi connectivity index (χ0) is 10.3. The number of hydrogen-bond acceptors (Lipinski definition) is 3. The van der Waals surface area contributed by atoms with Crippen molar-refractivity contribution in [1.29, 1.82) is 0 Å². The zero-order valence-electron chi connectivity index (χ0n) is 7.85. The highest BCUT2D eigenvalue weighted by Gasteiger charge is 2.45. The van der Waals surface area contributed by atoms with Crippen molar-refractivity contribution < 1.29 is 8.42 Å². The van der Waals surface area contributed by atoms with Crippen molar-refractivity contribution in [2.24, 2.45) is 5.73 Å². The van der Waals surface area contributed by atoms with Crippen molar-refractivity contribution >= 4 is 27.2 Å². The summed E-state index contributed by atoms with van der Waals surface area (Å²) in [5.74, 6) is 0. The van der Waals surface area contributed by atoms with Crippen molar-refractivity contribution in [1.82, 2.24) is 4.31 Å². The summed E-state index contributed by atoms with van der Waals surface area (Å²) in [6.45, 7) is 0.584. The quantitative estimate of drug-likeness (QED) is 0.710. The Kier molecular flexibility index (Phi) is 2.53. The fourth-order valence-corrected chi connectivity index (χ4v) is 4.27. The van der Waals surface area contributed by atoms with E-state index in [2.05, 4.69) is 0 Å². The number of thiocarbonyl (C=S) groups is 1. The molecule has 1 aliphatic carbocycles. The van der Waals surface area contributed by atoms with Crippen molar-refractivity contribution in [2.45, 2.75) is 37.0 Å². The molecule has 1 saturated heterocycles. The lowest BCUT2D eigenvalue weighted by atomic mass is 10.2. The van der Waals surface area contributed by atoms with Gasteiger partial charge in [0, 0.05) is 6.54 Å². The predicted molar refractivity (Wildman–Crippen MR) is 58.5 cm³/mol. The van der Waals surface area contributed by atoms with Gasteiger partial charge in [-0.3, -0.25) is 0 Å². The van der Waals surface area contributed by atoms with Crippen molar-refractivity contribution in [3.8, 4) is 0 Å². The molecule has 6 heteroatoms. The molecule has 1 heterocycles. The fraction of sp³-hybridized carbons (Fsp3) is 0.875. The fourth-order valence-electron chi connectivity index (χ4n) is 1.89. The highest BCUT2D eigenvalue weighted by atomic mass is 32.2. The smallest absolute Gasteiger partial charge is 0.217 e. The van der Waals surface area contributed by atoms with E-state index < -0.39 is 10.0 Å². The Morgan fingerprint density at radius 3 is 2.50 bits per heavy atom. The molecule has 2 fully saturated rings. The Morgan fingerprint density at radius 1 is 1.36 bits per heavy atom. The molecular weight excluding hydrogens is 220 g/mol. The first kappa shape index (κ1) is 10.3. The first-order chi connectivity index (χ1) is 6.53. The summed E-state index contributed by atoms with van der Waals surface area (Å²) in [5, 5.41) is -0.155. The van der Waals surface area contributed by atoms with Gasteiger partial charge >= 0.3 is 0 Å². The molecule has 4 nitrogen and oxygen atoms in total. The van der Waals surface area contributed by atoms with Crippen LogP contribution in [-0.4, -0.2) is 35.5 Å². The van der Waals surface area contributed by atoms with E-state index in [1.165, 1.54) is 4.31 Å². The first-order valence-electron chi connectivity index (χ1n) is 4.83. The number of sulfonamides is 1. The maximum absolute atomic E-state index is 11.9. The monoisotopic (exact) mass is 234 g/mol. The minimum absolute atomic E-state index is 0.155. The third-order valence-corrected chi connectivity index (χ3v) is 5.48. The van der Waals surface area contributed by atoms with Gasteiger partial charge < -0.3 is 5.73 Å². The molecule has 1 aliphatic heterocycles. The summed E-state index contributed by atoms with van der Waals surface area (Å²) in [7, 11) is -3.09. The third-order valence-electron chi connectivity index (χ3n) is 2.80. The Balaban J connectivity index is 2.20. The molecule has 80 valence electrons. The van der Waals surface area contributed by atoms with E-state index in [1.807, 2.05) is 0 Å². The molecule has 0 aromatic heterocycles. The van der Waals surface area contributed by atoms with Crippen molar-refractivity contribution in [3.63, 3.8) is 0 Å². The van der Waals surface area contributed by atoms with Crippen molar-refractivity contribution in [2.75, 3.05) is 6.54 Å². The highest BCUT2D eigenvalue weighted by Crippen LogP contribution is 2.34. The van der Waals surface area contributed by atoms with Gasteiger partial charge in [-0.25, -0.2) is 8.42 Å². The lowest BCUT2D eigenvalue weighted by Gasteiger charge is -2.22. The predicted octanol–water partition coefficient (Wildman–Crippen LogP) is 0.229. The maximum Gasteiger partial charge on any atom is 0.217 e. The summed E-state index contributed by atoms with van der Waals surface area (Å²) in [5.41, 5.74) is 5.53. The summed E-state index contributed by atoms with van der Waals surface area (Å²) in [4.78, 5) is 0.312. The van der Waals surface area contributed by atoms with Gasteiger partial charge in [0.25, 0.3) is 0 Å². The normalized spacial score (nSPS) is 29.3. The third kappa shape index (κ3) is 1.66. The van der Waals surface area contributed by atoms with E-state index in [9.17, 15) is 8.42 Å². The van der Waals surface area contributed by atoms with Crippen LogP contribution in [0.25, 0.3) is 0 Å². The SMILES string of the molecule is NC(=S)C1CCCN1S(=O)(=O)C1CC1. The number of rotatable bonds is 3.